The maximum atomic E-state index is 13.6. The monoisotopic (exact) mass is 407 g/mol. The van der Waals surface area contributed by atoms with Crippen molar-refractivity contribution in [3.63, 3.8) is 0 Å². The molecule has 0 saturated carbocycles. The Morgan fingerprint density at radius 2 is 1.55 bits per heavy atom. The number of esters is 1. The SMILES string of the molecule is CCOC(=O)c1cc(C(=O)c2ccc3ccccc3c2)n2c1ccc1cc(C)ccc12. The summed E-state index contributed by atoms with van der Waals surface area (Å²) in [5.41, 5.74) is 4.10. The van der Waals surface area contributed by atoms with Gasteiger partial charge in [-0.25, -0.2) is 4.79 Å². The number of benzene rings is 3. The van der Waals surface area contributed by atoms with Crippen molar-refractivity contribution >= 4 is 38.9 Å². The molecule has 0 atom stereocenters. The van der Waals surface area contributed by atoms with Crippen molar-refractivity contribution in [1.82, 2.24) is 4.40 Å². The Hall–Kier alpha value is -3.92. The molecule has 2 heterocycles. The van der Waals surface area contributed by atoms with Crippen molar-refractivity contribution in [3.05, 3.63) is 101 Å². The number of nitrogens with zero attached hydrogens (tertiary/aromatic N) is 1. The van der Waals surface area contributed by atoms with Gasteiger partial charge in [0.2, 0.25) is 5.78 Å². The fraction of sp³-hybridized carbons (Fsp3) is 0.111. The fourth-order valence-corrected chi connectivity index (χ4v) is 4.15. The molecule has 0 amide bonds. The van der Waals surface area contributed by atoms with Crippen LogP contribution in [-0.2, 0) is 4.74 Å². The first-order chi connectivity index (χ1) is 15.1. The maximum absolute atomic E-state index is 13.6. The van der Waals surface area contributed by atoms with E-state index in [2.05, 4.69) is 6.07 Å². The maximum Gasteiger partial charge on any atom is 0.340 e. The van der Waals surface area contributed by atoms with Gasteiger partial charge in [0, 0.05) is 5.56 Å². The zero-order valence-corrected chi connectivity index (χ0v) is 17.4. The molecular formula is C27H21NO3. The molecule has 0 spiro atoms. The number of fused-ring (bicyclic) bond motifs is 4. The highest BCUT2D eigenvalue weighted by Crippen LogP contribution is 2.28. The summed E-state index contributed by atoms with van der Waals surface area (Å²) in [6.07, 6.45) is 0. The van der Waals surface area contributed by atoms with Crippen molar-refractivity contribution in [3.8, 4) is 0 Å². The van der Waals surface area contributed by atoms with Crippen LogP contribution in [0.2, 0.25) is 0 Å². The number of carbonyl (C=O) groups is 2. The number of ether oxygens (including phenoxy) is 1. The summed E-state index contributed by atoms with van der Waals surface area (Å²) in [4.78, 5) is 26.3. The Balaban J connectivity index is 1.77. The number of aromatic nitrogens is 1. The Morgan fingerprint density at radius 1 is 0.806 bits per heavy atom. The minimum Gasteiger partial charge on any atom is -0.462 e. The van der Waals surface area contributed by atoms with E-state index in [1.807, 2.05) is 78.1 Å². The third-order valence-corrected chi connectivity index (χ3v) is 5.62. The summed E-state index contributed by atoms with van der Waals surface area (Å²) in [5, 5.41) is 3.08. The van der Waals surface area contributed by atoms with Gasteiger partial charge in [0.05, 0.1) is 28.9 Å². The molecule has 0 aliphatic carbocycles. The molecule has 0 aliphatic rings. The second-order valence-corrected chi connectivity index (χ2v) is 7.67. The highest BCUT2D eigenvalue weighted by Gasteiger charge is 2.23. The molecule has 0 saturated heterocycles. The summed E-state index contributed by atoms with van der Waals surface area (Å²) >= 11 is 0. The number of hydrogen-bond acceptors (Lipinski definition) is 3. The van der Waals surface area contributed by atoms with Gasteiger partial charge in [0.1, 0.15) is 0 Å². The summed E-state index contributed by atoms with van der Waals surface area (Å²) in [7, 11) is 0. The quantitative estimate of drug-likeness (QED) is 0.273. The second-order valence-electron chi connectivity index (χ2n) is 7.67. The molecule has 0 bridgehead atoms. The molecule has 0 N–H and O–H groups in total. The molecule has 0 aliphatic heterocycles. The van der Waals surface area contributed by atoms with E-state index in [-0.39, 0.29) is 12.4 Å². The predicted octanol–water partition coefficient (Wildman–Crippen LogP) is 5.96. The molecule has 0 radical (unpaired) electrons. The molecule has 5 aromatic rings. The van der Waals surface area contributed by atoms with E-state index >= 15 is 0 Å². The number of carbonyl (C=O) groups excluding carboxylic acids is 2. The first-order valence-electron chi connectivity index (χ1n) is 10.3. The highest BCUT2D eigenvalue weighted by atomic mass is 16.5. The lowest BCUT2D eigenvalue weighted by Crippen LogP contribution is -2.06. The molecule has 31 heavy (non-hydrogen) atoms. The van der Waals surface area contributed by atoms with E-state index in [1.165, 1.54) is 0 Å². The van der Waals surface area contributed by atoms with Gasteiger partial charge in [-0.2, -0.15) is 0 Å². The van der Waals surface area contributed by atoms with Crippen LogP contribution in [0.25, 0.3) is 27.2 Å². The summed E-state index contributed by atoms with van der Waals surface area (Å²) in [5.74, 6) is -0.562. The van der Waals surface area contributed by atoms with Gasteiger partial charge in [-0.05, 0) is 60.3 Å². The average molecular weight is 407 g/mol. The lowest BCUT2D eigenvalue weighted by atomic mass is 10.0. The Morgan fingerprint density at radius 3 is 2.35 bits per heavy atom. The van der Waals surface area contributed by atoms with E-state index in [1.54, 1.807) is 13.0 Å². The van der Waals surface area contributed by atoms with Gasteiger partial charge in [0.25, 0.3) is 0 Å². The van der Waals surface area contributed by atoms with Crippen LogP contribution in [0, 0.1) is 6.92 Å². The Kier molecular flexibility index (Phi) is 4.55. The first-order valence-corrected chi connectivity index (χ1v) is 10.3. The molecule has 4 heteroatoms. The fourth-order valence-electron chi connectivity index (χ4n) is 4.15. The van der Waals surface area contributed by atoms with Gasteiger partial charge in [-0.3, -0.25) is 4.79 Å². The van der Waals surface area contributed by atoms with Gasteiger partial charge in [-0.15, -0.1) is 0 Å². The molecule has 3 aromatic carbocycles. The minimum absolute atomic E-state index is 0.135. The van der Waals surface area contributed by atoms with Crippen molar-refractivity contribution in [2.75, 3.05) is 6.61 Å². The number of rotatable bonds is 4. The van der Waals surface area contributed by atoms with Crippen molar-refractivity contribution in [1.29, 1.82) is 0 Å². The summed E-state index contributed by atoms with van der Waals surface area (Å²) in [6, 6.07) is 25.2. The number of pyridine rings is 1. The standard InChI is InChI=1S/C27H21NO3/c1-3-31-27(30)22-16-25(26(29)21-10-9-18-6-4-5-7-19(18)15-21)28-23-12-8-17(2)14-20(23)11-13-24(22)28/h4-16H,3H2,1-2H3. The second kappa shape index (κ2) is 7.40. The molecule has 0 fully saturated rings. The van der Waals surface area contributed by atoms with Crippen LogP contribution in [0.15, 0.2) is 78.9 Å². The molecule has 4 nitrogen and oxygen atoms in total. The molecule has 0 unspecified atom stereocenters. The molecule has 152 valence electrons. The normalized spacial score (nSPS) is 11.3. The first kappa shape index (κ1) is 19.1. The van der Waals surface area contributed by atoms with Crippen LogP contribution in [0.4, 0.5) is 0 Å². The number of hydrogen-bond donors (Lipinski definition) is 0. The van der Waals surface area contributed by atoms with Crippen LogP contribution in [0.1, 0.15) is 38.9 Å². The lowest BCUT2D eigenvalue weighted by Gasteiger charge is -2.09. The minimum atomic E-state index is -0.427. The van der Waals surface area contributed by atoms with Crippen molar-refractivity contribution in [2.24, 2.45) is 0 Å². The summed E-state index contributed by atoms with van der Waals surface area (Å²) in [6.45, 7) is 4.08. The van der Waals surface area contributed by atoms with Crippen molar-refractivity contribution in [2.45, 2.75) is 13.8 Å². The number of ketones is 1. The molecule has 5 rings (SSSR count). The topological polar surface area (TPSA) is 47.8 Å². The Labute approximate surface area is 179 Å². The van der Waals surface area contributed by atoms with Crippen molar-refractivity contribution < 1.29 is 14.3 Å². The van der Waals surface area contributed by atoms with Gasteiger partial charge in [0.15, 0.2) is 0 Å². The third kappa shape index (κ3) is 3.17. The Bertz CT molecular complexity index is 1490. The van der Waals surface area contributed by atoms with Gasteiger partial charge < -0.3 is 9.14 Å². The number of aryl methyl sites for hydroxylation is 1. The van der Waals surface area contributed by atoms with Gasteiger partial charge in [-0.1, -0.05) is 54.1 Å². The van der Waals surface area contributed by atoms with Gasteiger partial charge >= 0.3 is 5.97 Å². The lowest BCUT2D eigenvalue weighted by molar-refractivity contribution is 0.0529. The zero-order chi connectivity index (χ0) is 21.5. The van der Waals surface area contributed by atoms with E-state index in [4.69, 9.17) is 4.74 Å². The van der Waals surface area contributed by atoms with E-state index in [0.29, 0.717) is 22.3 Å². The summed E-state index contributed by atoms with van der Waals surface area (Å²) < 4.78 is 7.13. The molecular weight excluding hydrogens is 386 g/mol. The third-order valence-electron chi connectivity index (χ3n) is 5.62. The van der Waals surface area contributed by atoms with E-state index < -0.39 is 5.97 Å². The molecule has 2 aromatic heterocycles. The van der Waals surface area contributed by atoms with E-state index in [0.717, 1.165) is 27.2 Å². The van der Waals surface area contributed by atoms with E-state index in [9.17, 15) is 9.59 Å². The van der Waals surface area contributed by atoms with Crippen LogP contribution in [0.5, 0.6) is 0 Å². The average Bonchev–Trinajstić information content (AvgIpc) is 3.18. The van der Waals surface area contributed by atoms with Crippen LogP contribution in [0.3, 0.4) is 0 Å². The van der Waals surface area contributed by atoms with Crippen LogP contribution < -0.4 is 0 Å². The zero-order valence-electron chi connectivity index (χ0n) is 17.4. The smallest absolute Gasteiger partial charge is 0.340 e. The predicted molar refractivity (Wildman–Crippen MR) is 123 cm³/mol. The van der Waals surface area contributed by atoms with Crippen LogP contribution in [-0.4, -0.2) is 22.8 Å². The highest BCUT2D eigenvalue weighted by molar-refractivity contribution is 6.13. The largest absolute Gasteiger partial charge is 0.462 e. The van der Waals surface area contributed by atoms with Crippen LogP contribution >= 0.6 is 0 Å².